The third kappa shape index (κ3) is 3.29. The SMILES string of the molecule is COc1ccc(OC)c(C(=O)NCc2ccc3c(c2)CNC3)c1. The maximum absolute atomic E-state index is 12.4. The van der Waals surface area contributed by atoms with Crippen molar-refractivity contribution in [1.82, 2.24) is 10.6 Å². The largest absolute Gasteiger partial charge is 0.497 e. The number of fused-ring (bicyclic) bond motifs is 1. The van der Waals surface area contributed by atoms with Gasteiger partial charge in [-0.3, -0.25) is 4.79 Å². The van der Waals surface area contributed by atoms with Crippen molar-refractivity contribution in [3.8, 4) is 11.5 Å². The molecule has 0 fully saturated rings. The summed E-state index contributed by atoms with van der Waals surface area (Å²) in [6.45, 7) is 2.29. The van der Waals surface area contributed by atoms with Crippen molar-refractivity contribution in [3.63, 3.8) is 0 Å². The van der Waals surface area contributed by atoms with Crippen LogP contribution in [0.1, 0.15) is 27.0 Å². The van der Waals surface area contributed by atoms with E-state index in [1.165, 1.54) is 11.1 Å². The average Bonchev–Trinajstić information content (AvgIpc) is 3.06. The Morgan fingerprint density at radius 3 is 2.70 bits per heavy atom. The Morgan fingerprint density at radius 1 is 1.09 bits per heavy atom. The lowest BCUT2D eigenvalue weighted by atomic mass is 10.1. The van der Waals surface area contributed by atoms with Crippen LogP contribution in [0, 0.1) is 0 Å². The Morgan fingerprint density at radius 2 is 1.91 bits per heavy atom. The zero-order valence-electron chi connectivity index (χ0n) is 13.3. The Bertz CT molecular complexity index is 728. The Balaban J connectivity index is 1.72. The van der Waals surface area contributed by atoms with Gasteiger partial charge in [0.25, 0.3) is 5.91 Å². The molecule has 2 aromatic carbocycles. The molecule has 23 heavy (non-hydrogen) atoms. The van der Waals surface area contributed by atoms with E-state index in [4.69, 9.17) is 9.47 Å². The van der Waals surface area contributed by atoms with Crippen LogP contribution in [0.5, 0.6) is 11.5 Å². The zero-order valence-corrected chi connectivity index (χ0v) is 13.3. The molecule has 5 heteroatoms. The normalized spacial score (nSPS) is 12.6. The van der Waals surface area contributed by atoms with Gasteiger partial charge in [-0.2, -0.15) is 0 Å². The van der Waals surface area contributed by atoms with E-state index in [0.29, 0.717) is 23.6 Å². The molecule has 1 heterocycles. The standard InChI is InChI=1S/C18H20N2O3/c1-22-15-5-6-17(23-2)16(8-15)18(21)20-9-12-3-4-13-10-19-11-14(13)7-12/h3-8,19H,9-11H2,1-2H3,(H,20,21). The first-order valence-corrected chi connectivity index (χ1v) is 7.53. The monoisotopic (exact) mass is 312 g/mol. The van der Waals surface area contributed by atoms with Crippen LogP contribution in [0.4, 0.5) is 0 Å². The highest BCUT2D eigenvalue weighted by molar-refractivity contribution is 5.97. The van der Waals surface area contributed by atoms with Gasteiger partial charge in [0, 0.05) is 19.6 Å². The van der Waals surface area contributed by atoms with E-state index < -0.39 is 0 Å². The molecule has 1 aliphatic rings. The van der Waals surface area contributed by atoms with Gasteiger partial charge in [-0.05, 0) is 34.9 Å². The van der Waals surface area contributed by atoms with Crippen LogP contribution < -0.4 is 20.1 Å². The van der Waals surface area contributed by atoms with Crippen LogP contribution in [0.15, 0.2) is 36.4 Å². The third-order valence-corrected chi connectivity index (χ3v) is 4.01. The maximum Gasteiger partial charge on any atom is 0.255 e. The summed E-state index contributed by atoms with van der Waals surface area (Å²) in [6.07, 6.45) is 0. The molecule has 0 unspecified atom stereocenters. The number of ether oxygens (including phenoxy) is 2. The summed E-state index contributed by atoms with van der Waals surface area (Å²) in [5, 5.41) is 6.25. The van der Waals surface area contributed by atoms with Crippen molar-refractivity contribution in [3.05, 3.63) is 58.7 Å². The van der Waals surface area contributed by atoms with Crippen LogP contribution in [0.3, 0.4) is 0 Å². The second kappa shape index (κ2) is 6.71. The molecule has 1 aliphatic heterocycles. The molecule has 2 aromatic rings. The summed E-state index contributed by atoms with van der Waals surface area (Å²) in [4.78, 5) is 12.4. The van der Waals surface area contributed by atoms with Gasteiger partial charge in [0.2, 0.25) is 0 Å². The van der Waals surface area contributed by atoms with Crippen molar-refractivity contribution >= 4 is 5.91 Å². The van der Waals surface area contributed by atoms with E-state index >= 15 is 0 Å². The molecular formula is C18H20N2O3. The minimum absolute atomic E-state index is 0.181. The number of rotatable bonds is 5. The highest BCUT2D eigenvalue weighted by Gasteiger charge is 2.14. The molecule has 5 nitrogen and oxygen atoms in total. The molecular weight excluding hydrogens is 292 g/mol. The number of hydrogen-bond donors (Lipinski definition) is 2. The second-order valence-electron chi connectivity index (χ2n) is 5.46. The van der Waals surface area contributed by atoms with Gasteiger partial charge in [0.15, 0.2) is 0 Å². The topological polar surface area (TPSA) is 59.6 Å². The molecule has 0 atom stereocenters. The lowest BCUT2D eigenvalue weighted by molar-refractivity contribution is 0.0947. The van der Waals surface area contributed by atoms with E-state index in [1.54, 1.807) is 32.4 Å². The van der Waals surface area contributed by atoms with Crippen molar-refractivity contribution in [1.29, 1.82) is 0 Å². The summed E-state index contributed by atoms with van der Waals surface area (Å²) >= 11 is 0. The molecule has 0 aliphatic carbocycles. The number of amides is 1. The van der Waals surface area contributed by atoms with Crippen molar-refractivity contribution in [2.45, 2.75) is 19.6 Å². The van der Waals surface area contributed by atoms with Gasteiger partial charge in [0.1, 0.15) is 11.5 Å². The quantitative estimate of drug-likeness (QED) is 0.889. The summed E-state index contributed by atoms with van der Waals surface area (Å²) in [7, 11) is 3.12. The molecule has 0 saturated carbocycles. The molecule has 0 aromatic heterocycles. The lowest BCUT2D eigenvalue weighted by Gasteiger charge is -2.11. The second-order valence-corrected chi connectivity index (χ2v) is 5.46. The molecule has 120 valence electrons. The van der Waals surface area contributed by atoms with Crippen LogP contribution in [0.25, 0.3) is 0 Å². The number of carbonyl (C=O) groups is 1. The van der Waals surface area contributed by atoms with E-state index in [-0.39, 0.29) is 5.91 Å². The molecule has 0 spiro atoms. The van der Waals surface area contributed by atoms with Crippen LogP contribution >= 0.6 is 0 Å². The highest BCUT2D eigenvalue weighted by Crippen LogP contribution is 2.24. The average molecular weight is 312 g/mol. The highest BCUT2D eigenvalue weighted by atomic mass is 16.5. The van der Waals surface area contributed by atoms with E-state index in [1.807, 2.05) is 0 Å². The molecule has 3 rings (SSSR count). The molecule has 1 amide bonds. The van der Waals surface area contributed by atoms with Crippen molar-refractivity contribution < 1.29 is 14.3 Å². The third-order valence-electron chi connectivity index (χ3n) is 4.01. The van der Waals surface area contributed by atoms with Gasteiger partial charge in [-0.15, -0.1) is 0 Å². The summed E-state index contributed by atoms with van der Waals surface area (Å²) in [5.74, 6) is 0.973. The minimum Gasteiger partial charge on any atom is -0.497 e. The van der Waals surface area contributed by atoms with Crippen molar-refractivity contribution in [2.75, 3.05) is 14.2 Å². The number of benzene rings is 2. The fourth-order valence-electron chi connectivity index (χ4n) is 2.73. The predicted octanol–water partition coefficient (Wildman–Crippen LogP) is 2.24. The maximum atomic E-state index is 12.4. The number of nitrogens with one attached hydrogen (secondary N) is 2. The Kier molecular flexibility index (Phi) is 4.48. The molecule has 2 N–H and O–H groups in total. The van der Waals surface area contributed by atoms with E-state index in [0.717, 1.165) is 18.7 Å². The number of hydrogen-bond acceptors (Lipinski definition) is 4. The molecule has 0 radical (unpaired) electrons. The first kappa shape index (κ1) is 15.4. The van der Waals surface area contributed by atoms with Gasteiger partial charge in [-0.25, -0.2) is 0 Å². The van der Waals surface area contributed by atoms with Gasteiger partial charge >= 0.3 is 0 Å². The fourth-order valence-corrected chi connectivity index (χ4v) is 2.73. The summed E-state index contributed by atoms with van der Waals surface area (Å²) in [6, 6.07) is 11.5. The fraction of sp³-hybridized carbons (Fsp3) is 0.278. The smallest absolute Gasteiger partial charge is 0.255 e. The van der Waals surface area contributed by atoms with Gasteiger partial charge in [0.05, 0.1) is 19.8 Å². The van der Waals surface area contributed by atoms with E-state index in [9.17, 15) is 4.79 Å². The molecule has 0 saturated heterocycles. The minimum atomic E-state index is -0.181. The number of carbonyl (C=O) groups excluding carboxylic acids is 1. The number of methoxy groups -OCH3 is 2. The van der Waals surface area contributed by atoms with Crippen molar-refractivity contribution in [2.24, 2.45) is 0 Å². The Hall–Kier alpha value is -2.53. The van der Waals surface area contributed by atoms with E-state index in [2.05, 4.69) is 28.8 Å². The first-order valence-electron chi connectivity index (χ1n) is 7.53. The van der Waals surface area contributed by atoms with Crippen LogP contribution in [-0.2, 0) is 19.6 Å². The zero-order chi connectivity index (χ0) is 16.2. The first-order chi connectivity index (χ1) is 11.2. The van der Waals surface area contributed by atoms with Crippen LogP contribution in [-0.4, -0.2) is 20.1 Å². The van der Waals surface area contributed by atoms with Gasteiger partial charge < -0.3 is 20.1 Å². The predicted molar refractivity (Wildman–Crippen MR) is 87.7 cm³/mol. The summed E-state index contributed by atoms with van der Waals surface area (Å²) < 4.78 is 10.4. The lowest BCUT2D eigenvalue weighted by Crippen LogP contribution is -2.23. The van der Waals surface area contributed by atoms with Crippen LogP contribution in [0.2, 0.25) is 0 Å². The Labute approximate surface area is 135 Å². The molecule has 0 bridgehead atoms. The van der Waals surface area contributed by atoms with Gasteiger partial charge in [-0.1, -0.05) is 18.2 Å². The summed E-state index contributed by atoms with van der Waals surface area (Å²) in [5.41, 5.74) is 4.18.